The van der Waals surface area contributed by atoms with Gasteiger partial charge in [0.05, 0.1) is 10.4 Å². The number of thioether (sulfide) groups is 1. The van der Waals surface area contributed by atoms with E-state index in [1.807, 2.05) is 48.2 Å². The van der Waals surface area contributed by atoms with Crippen molar-refractivity contribution >= 4 is 38.6 Å². The molecule has 0 unspecified atom stereocenters. The highest BCUT2D eigenvalue weighted by Crippen LogP contribution is 2.45. The van der Waals surface area contributed by atoms with Gasteiger partial charge in [0.15, 0.2) is 0 Å². The number of aromatic nitrogens is 1. The number of rotatable bonds is 3. The number of carbonyl (C=O) groups is 1. The summed E-state index contributed by atoms with van der Waals surface area (Å²) in [6, 6.07) is 16.6. The maximum atomic E-state index is 13.5. The van der Waals surface area contributed by atoms with Gasteiger partial charge >= 0.3 is 0 Å². The molecule has 1 amide bonds. The maximum absolute atomic E-state index is 13.5. The fraction of sp³-hybridized carbons (Fsp3) is 0.333. The first-order valence-electron chi connectivity index (χ1n) is 10.8. The molecule has 2 aliphatic rings. The van der Waals surface area contributed by atoms with Crippen molar-refractivity contribution in [1.82, 2.24) is 14.2 Å². The first-order valence-corrected chi connectivity index (χ1v) is 13.2. The van der Waals surface area contributed by atoms with Crippen LogP contribution < -0.4 is 0 Å². The number of pyridine rings is 1. The Labute approximate surface area is 192 Å². The first kappa shape index (κ1) is 21.4. The van der Waals surface area contributed by atoms with Crippen molar-refractivity contribution < 1.29 is 13.2 Å². The predicted octanol–water partition coefficient (Wildman–Crippen LogP) is 3.91. The molecule has 2 saturated heterocycles. The van der Waals surface area contributed by atoms with Crippen LogP contribution in [0, 0.1) is 6.92 Å². The molecule has 0 saturated carbocycles. The third-order valence-corrected chi connectivity index (χ3v) is 10.00. The Morgan fingerprint density at radius 2 is 1.75 bits per heavy atom. The maximum Gasteiger partial charge on any atom is 0.255 e. The van der Waals surface area contributed by atoms with Gasteiger partial charge in [-0.15, -0.1) is 11.8 Å². The summed E-state index contributed by atoms with van der Waals surface area (Å²) in [5.41, 5.74) is 2.20. The van der Waals surface area contributed by atoms with Gasteiger partial charge in [0.1, 0.15) is 4.90 Å². The number of benzene rings is 2. The van der Waals surface area contributed by atoms with E-state index in [2.05, 4.69) is 4.98 Å². The number of fused-ring (bicyclic) bond motifs is 1. The summed E-state index contributed by atoms with van der Waals surface area (Å²) in [4.78, 5) is 19.6. The lowest BCUT2D eigenvalue weighted by Gasteiger charge is -2.43. The predicted molar refractivity (Wildman–Crippen MR) is 127 cm³/mol. The van der Waals surface area contributed by atoms with Crippen LogP contribution in [0.1, 0.15) is 28.8 Å². The lowest BCUT2D eigenvalue weighted by Crippen LogP contribution is -2.53. The number of nitrogens with zero attached hydrogens (tertiary/aromatic N) is 3. The number of piperidine rings is 1. The van der Waals surface area contributed by atoms with Crippen molar-refractivity contribution in [2.45, 2.75) is 29.5 Å². The molecule has 5 rings (SSSR count). The molecule has 3 heterocycles. The molecule has 0 aliphatic carbocycles. The van der Waals surface area contributed by atoms with Crippen LogP contribution in [0.15, 0.2) is 65.7 Å². The van der Waals surface area contributed by atoms with Crippen LogP contribution in [0.25, 0.3) is 10.9 Å². The second-order valence-electron chi connectivity index (χ2n) is 8.30. The standard InChI is InChI=1S/C24H25N3O3S2/c1-18-6-2-3-9-20(18)23(28)27-16-17-31-24(27)11-14-26(15-12-24)32(29,30)21-10-4-7-19-8-5-13-25-22(19)21/h2-10,13H,11-12,14-17H2,1H3. The number of hydrogen-bond acceptors (Lipinski definition) is 5. The van der Waals surface area contributed by atoms with Crippen molar-refractivity contribution in [1.29, 1.82) is 0 Å². The molecule has 2 aromatic carbocycles. The van der Waals surface area contributed by atoms with Gasteiger partial charge in [-0.05, 0) is 43.5 Å². The largest absolute Gasteiger partial charge is 0.323 e. The molecule has 6 nitrogen and oxygen atoms in total. The molecular formula is C24H25N3O3S2. The minimum absolute atomic E-state index is 0.0441. The summed E-state index contributed by atoms with van der Waals surface area (Å²) in [5.74, 6) is 0.917. The summed E-state index contributed by atoms with van der Waals surface area (Å²) in [7, 11) is -3.67. The number of para-hydroxylation sites is 1. The number of carbonyl (C=O) groups excluding carboxylic acids is 1. The second-order valence-corrected chi connectivity index (χ2v) is 11.7. The molecular weight excluding hydrogens is 442 g/mol. The first-order chi connectivity index (χ1) is 15.4. The highest BCUT2D eigenvalue weighted by molar-refractivity contribution is 8.00. The van der Waals surface area contributed by atoms with Gasteiger partial charge in [0.25, 0.3) is 5.91 Å². The highest BCUT2D eigenvalue weighted by atomic mass is 32.2. The smallest absolute Gasteiger partial charge is 0.255 e. The summed E-state index contributed by atoms with van der Waals surface area (Å²) in [6.45, 7) is 3.42. The van der Waals surface area contributed by atoms with Crippen molar-refractivity contribution in [2.75, 3.05) is 25.4 Å². The molecule has 1 aromatic heterocycles. The molecule has 0 bridgehead atoms. The Morgan fingerprint density at radius 3 is 2.53 bits per heavy atom. The van der Waals surface area contributed by atoms with E-state index in [9.17, 15) is 13.2 Å². The third-order valence-electron chi connectivity index (χ3n) is 6.52. The minimum atomic E-state index is -3.67. The van der Waals surface area contributed by atoms with Crippen molar-refractivity contribution in [2.24, 2.45) is 0 Å². The van der Waals surface area contributed by atoms with Gasteiger partial charge in [-0.2, -0.15) is 4.31 Å². The molecule has 0 atom stereocenters. The fourth-order valence-corrected chi connectivity index (χ4v) is 7.83. The van der Waals surface area contributed by atoms with Crippen LogP contribution in [0.3, 0.4) is 0 Å². The minimum Gasteiger partial charge on any atom is -0.323 e. The Morgan fingerprint density at radius 1 is 1.00 bits per heavy atom. The lowest BCUT2D eigenvalue weighted by atomic mass is 10.0. The summed E-state index contributed by atoms with van der Waals surface area (Å²) in [5, 5.41) is 0.809. The molecule has 32 heavy (non-hydrogen) atoms. The van der Waals surface area contributed by atoms with Crippen LogP contribution in [0.4, 0.5) is 0 Å². The van der Waals surface area contributed by atoms with Crippen LogP contribution in [-0.4, -0.2) is 58.8 Å². The number of hydrogen-bond donors (Lipinski definition) is 0. The number of sulfonamides is 1. The van der Waals surface area contributed by atoms with Crippen molar-refractivity contribution in [3.63, 3.8) is 0 Å². The van der Waals surface area contributed by atoms with E-state index < -0.39 is 10.0 Å². The van der Waals surface area contributed by atoms with E-state index in [1.165, 1.54) is 0 Å². The van der Waals surface area contributed by atoms with Crippen LogP contribution in [-0.2, 0) is 10.0 Å². The molecule has 1 spiro atoms. The van der Waals surface area contributed by atoms with E-state index in [0.29, 0.717) is 38.0 Å². The van der Waals surface area contributed by atoms with Gasteiger partial charge in [-0.25, -0.2) is 8.42 Å². The van der Waals surface area contributed by atoms with E-state index >= 15 is 0 Å². The van der Waals surface area contributed by atoms with Gasteiger partial charge in [-0.1, -0.05) is 36.4 Å². The third kappa shape index (κ3) is 3.50. The van der Waals surface area contributed by atoms with Crippen LogP contribution in [0.5, 0.6) is 0 Å². The molecule has 8 heteroatoms. The van der Waals surface area contributed by atoms with E-state index in [1.54, 1.807) is 40.5 Å². The Hall–Kier alpha value is -2.42. The summed E-state index contributed by atoms with van der Waals surface area (Å²) >= 11 is 1.78. The Kier molecular flexibility index (Phi) is 5.47. The van der Waals surface area contributed by atoms with Crippen LogP contribution >= 0.6 is 11.8 Å². The van der Waals surface area contributed by atoms with Gasteiger partial charge < -0.3 is 4.90 Å². The van der Waals surface area contributed by atoms with E-state index in [-0.39, 0.29) is 15.7 Å². The SMILES string of the molecule is Cc1ccccc1C(=O)N1CCSC12CCN(S(=O)(=O)c1cccc3cccnc13)CC2. The zero-order chi connectivity index (χ0) is 22.3. The monoisotopic (exact) mass is 467 g/mol. The summed E-state index contributed by atoms with van der Waals surface area (Å²) in [6.07, 6.45) is 2.86. The molecule has 3 aromatic rings. The molecule has 2 fully saturated rings. The lowest BCUT2D eigenvalue weighted by molar-refractivity contribution is 0.0604. The van der Waals surface area contributed by atoms with Crippen molar-refractivity contribution in [3.8, 4) is 0 Å². The van der Waals surface area contributed by atoms with Gasteiger partial charge in [0, 0.05) is 42.5 Å². The van der Waals surface area contributed by atoms with Crippen molar-refractivity contribution in [3.05, 3.63) is 71.9 Å². The Balaban J connectivity index is 1.39. The van der Waals surface area contributed by atoms with Crippen LogP contribution in [0.2, 0.25) is 0 Å². The number of amides is 1. The zero-order valence-electron chi connectivity index (χ0n) is 17.9. The molecule has 2 aliphatic heterocycles. The fourth-order valence-electron chi connectivity index (χ4n) is 4.77. The highest BCUT2D eigenvalue weighted by Gasteiger charge is 2.48. The normalized spacial score (nSPS) is 19.0. The van der Waals surface area contributed by atoms with Gasteiger partial charge in [0.2, 0.25) is 10.0 Å². The average Bonchev–Trinajstić information content (AvgIpc) is 3.21. The van der Waals surface area contributed by atoms with Gasteiger partial charge in [-0.3, -0.25) is 9.78 Å². The Bertz CT molecular complexity index is 1280. The topological polar surface area (TPSA) is 70.6 Å². The molecule has 0 radical (unpaired) electrons. The second kappa shape index (κ2) is 8.17. The van der Waals surface area contributed by atoms with E-state index in [4.69, 9.17) is 0 Å². The number of aryl methyl sites for hydroxylation is 1. The molecule has 0 N–H and O–H groups in total. The van der Waals surface area contributed by atoms with E-state index in [0.717, 1.165) is 22.3 Å². The summed E-state index contributed by atoms with van der Waals surface area (Å²) < 4.78 is 28.5. The zero-order valence-corrected chi connectivity index (χ0v) is 19.5. The molecule has 166 valence electrons. The quantitative estimate of drug-likeness (QED) is 0.584. The average molecular weight is 468 g/mol.